The Balaban J connectivity index is 1.85. The van der Waals surface area contributed by atoms with Crippen molar-refractivity contribution in [1.29, 1.82) is 0 Å². The molecule has 24 heavy (non-hydrogen) atoms. The van der Waals surface area contributed by atoms with Crippen LogP contribution in [0.2, 0.25) is 5.02 Å². The van der Waals surface area contributed by atoms with E-state index >= 15 is 0 Å². The topological polar surface area (TPSA) is 85.5 Å². The van der Waals surface area contributed by atoms with Crippen molar-refractivity contribution in [3.05, 3.63) is 52.9 Å². The number of ether oxygens (including phenoxy) is 1. The molecule has 0 unspecified atom stereocenters. The maximum Gasteiger partial charge on any atom is 0.303 e. The quantitative estimate of drug-likeness (QED) is 0.725. The van der Waals surface area contributed by atoms with Gasteiger partial charge >= 0.3 is 5.97 Å². The van der Waals surface area contributed by atoms with Crippen LogP contribution in [-0.4, -0.2) is 21.2 Å². The SMILES string of the molecule is C[C@@H](Oc1cc2onc(CCC(=O)O)c2cc1Cl)c1ccccn1. The van der Waals surface area contributed by atoms with E-state index in [4.69, 9.17) is 26.0 Å². The molecule has 0 amide bonds. The number of carboxylic acid groups (broad SMARTS) is 1. The molecule has 0 saturated carbocycles. The maximum atomic E-state index is 10.7. The van der Waals surface area contributed by atoms with Crippen LogP contribution in [0.25, 0.3) is 11.0 Å². The number of pyridine rings is 1. The molecule has 2 heterocycles. The van der Waals surface area contributed by atoms with E-state index < -0.39 is 5.97 Å². The first-order valence-corrected chi connectivity index (χ1v) is 7.79. The Kier molecular flexibility index (Phi) is 4.66. The third-order valence-corrected chi connectivity index (χ3v) is 3.88. The summed E-state index contributed by atoms with van der Waals surface area (Å²) in [7, 11) is 0. The summed E-state index contributed by atoms with van der Waals surface area (Å²) < 4.78 is 11.1. The molecule has 3 aromatic rings. The molecule has 0 aliphatic carbocycles. The monoisotopic (exact) mass is 346 g/mol. The zero-order valence-corrected chi connectivity index (χ0v) is 13.7. The Labute approximate surface area is 143 Å². The van der Waals surface area contributed by atoms with Crippen molar-refractivity contribution in [2.24, 2.45) is 0 Å². The molecular weight excluding hydrogens is 332 g/mol. The molecule has 0 aliphatic heterocycles. The molecule has 1 N–H and O–H groups in total. The number of carbonyl (C=O) groups is 1. The number of hydrogen-bond acceptors (Lipinski definition) is 5. The number of carboxylic acids is 1. The summed E-state index contributed by atoms with van der Waals surface area (Å²) in [5, 5.41) is 13.8. The first-order valence-electron chi connectivity index (χ1n) is 7.42. The Morgan fingerprint density at radius 3 is 2.96 bits per heavy atom. The van der Waals surface area contributed by atoms with Crippen LogP contribution < -0.4 is 4.74 Å². The minimum Gasteiger partial charge on any atom is -0.483 e. The van der Waals surface area contributed by atoms with Gasteiger partial charge in [-0.3, -0.25) is 9.78 Å². The third-order valence-electron chi connectivity index (χ3n) is 3.58. The Hall–Kier alpha value is -2.60. The van der Waals surface area contributed by atoms with Crippen LogP contribution >= 0.6 is 11.6 Å². The molecule has 0 fully saturated rings. The number of aryl methyl sites for hydroxylation is 1. The summed E-state index contributed by atoms with van der Waals surface area (Å²) in [6, 6.07) is 8.94. The van der Waals surface area contributed by atoms with Crippen molar-refractivity contribution >= 4 is 28.5 Å². The lowest BCUT2D eigenvalue weighted by Gasteiger charge is -2.15. The summed E-state index contributed by atoms with van der Waals surface area (Å²) in [4.78, 5) is 14.9. The van der Waals surface area contributed by atoms with Crippen molar-refractivity contribution < 1.29 is 19.2 Å². The van der Waals surface area contributed by atoms with E-state index in [2.05, 4.69) is 10.1 Å². The zero-order chi connectivity index (χ0) is 17.1. The van der Waals surface area contributed by atoms with Gasteiger partial charge in [0.25, 0.3) is 0 Å². The van der Waals surface area contributed by atoms with Gasteiger partial charge in [-0.1, -0.05) is 22.8 Å². The molecule has 7 heteroatoms. The number of hydrogen-bond donors (Lipinski definition) is 1. The van der Waals surface area contributed by atoms with E-state index in [0.717, 1.165) is 5.69 Å². The van der Waals surface area contributed by atoms with E-state index in [9.17, 15) is 4.79 Å². The molecule has 124 valence electrons. The highest BCUT2D eigenvalue weighted by Gasteiger charge is 2.16. The number of aromatic nitrogens is 2. The van der Waals surface area contributed by atoms with Crippen molar-refractivity contribution in [2.45, 2.75) is 25.9 Å². The second-order valence-electron chi connectivity index (χ2n) is 5.32. The highest BCUT2D eigenvalue weighted by atomic mass is 35.5. The Morgan fingerprint density at radius 1 is 1.42 bits per heavy atom. The summed E-state index contributed by atoms with van der Waals surface area (Å²) in [6.45, 7) is 1.88. The van der Waals surface area contributed by atoms with E-state index in [-0.39, 0.29) is 18.9 Å². The lowest BCUT2D eigenvalue weighted by atomic mass is 10.1. The maximum absolute atomic E-state index is 10.7. The third kappa shape index (κ3) is 3.49. The lowest BCUT2D eigenvalue weighted by molar-refractivity contribution is -0.136. The summed E-state index contributed by atoms with van der Waals surface area (Å²) in [5.41, 5.74) is 1.86. The Morgan fingerprint density at radius 2 is 2.25 bits per heavy atom. The summed E-state index contributed by atoms with van der Waals surface area (Å²) in [6.07, 6.45) is 1.68. The molecule has 0 radical (unpaired) electrons. The van der Waals surface area contributed by atoms with Gasteiger partial charge in [-0.25, -0.2) is 0 Å². The summed E-state index contributed by atoms with van der Waals surface area (Å²) >= 11 is 6.30. The van der Waals surface area contributed by atoms with Gasteiger partial charge in [-0.15, -0.1) is 0 Å². The van der Waals surface area contributed by atoms with Gasteiger partial charge in [0.05, 0.1) is 22.8 Å². The Bertz CT molecular complexity index is 864. The van der Waals surface area contributed by atoms with E-state index in [0.29, 0.717) is 27.4 Å². The van der Waals surface area contributed by atoms with Gasteiger partial charge in [0.15, 0.2) is 5.58 Å². The molecule has 6 nitrogen and oxygen atoms in total. The molecule has 0 saturated heterocycles. The van der Waals surface area contributed by atoms with Crippen molar-refractivity contribution in [1.82, 2.24) is 10.1 Å². The average Bonchev–Trinajstić information content (AvgIpc) is 2.96. The van der Waals surface area contributed by atoms with Gasteiger partial charge in [-0.2, -0.15) is 0 Å². The van der Waals surface area contributed by atoms with Crippen LogP contribution in [0.5, 0.6) is 5.75 Å². The first kappa shape index (κ1) is 16.3. The minimum atomic E-state index is -0.888. The molecule has 1 aromatic carbocycles. The van der Waals surface area contributed by atoms with E-state index in [1.165, 1.54) is 0 Å². The first-order chi connectivity index (χ1) is 11.5. The van der Waals surface area contributed by atoms with Crippen molar-refractivity contribution in [3.63, 3.8) is 0 Å². The largest absolute Gasteiger partial charge is 0.483 e. The molecular formula is C17H15ClN2O4. The standard InChI is InChI=1S/C17H15ClN2O4/c1-10(13-4-2-3-7-19-13)23-16-9-15-11(8-12(16)18)14(20-24-15)5-6-17(21)22/h2-4,7-10H,5-6H2,1H3,(H,21,22)/t10-/m1/s1. The number of nitrogens with zero attached hydrogens (tertiary/aromatic N) is 2. The number of benzene rings is 1. The lowest BCUT2D eigenvalue weighted by Crippen LogP contribution is -2.05. The number of rotatable bonds is 6. The van der Waals surface area contributed by atoms with Crippen LogP contribution in [0.15, 0.2) is 41.1 Å². The predicted octanol–water partition coefficient (Wildman–Crippen LogP) is 4.03. The fourth-order valence-electron chi connectivity index (χ4n) is 2.35. The van der Waals surface area contributed by atoms with Crippen LogP contribution in [0.1, 0.15) is 30.8 Å². The second kappa shape index (κ2) is 6.88. The molecule has 0 aliphatic rings. The van der Waals surface area contributed by atoms with Gasteiger partial charge in [0.1, 0.15) is 11.9 Å². The number of halogens is 1. The van der Waals surface area contributed by atoms with Gasteiger partial charge in [-0.05, 0) is 25.1 Å². The predicted molar refractivity (Wildman–Crippen MR) is 88.3 cm³/mol. The smallest absolute Gasteiger partial charge is 0.303 e. The van der Waals surface area contributed by atoms with Gasteiger partial charge < -0.3 is 14.4 Å². The van der Waals surface area contributed by atoms with E-state index in [1.54, 1.807) is 18.3 Å². The van der Waals surface area contributed by atoms with Crippen molar-refractivity contribution in [3.8, 4) is 5.75 Å². The molecule has 2 aromatic heterocycles. The average molecular weight is 347 g/mol. The van der Waals surface area contributed by atoms with Crippen LogP contribution in [0, 0.1) is 0 Å². The number of aliphatic carboxylic acids is 1. The van der Waals surface area contributed by atoms with Crippen molar-refractivity contribution in [2.75, 3.05) is 0 Å². The fourth-order valence-corrected chi connectivity index (χ4v) is 2.56. The fraction of sp³-hybridized carbons (Fsp3) is 0.235. The van der Waals surface area contributed by atoms with Crippen LogP contribution in [0.3, 0.4) is 0 Å². The normalized spacial score (nSPS) is 12.2. The highest BCUT2D eigenvalue weighted by molar-refractivity contribution is 6.32. The van der Waals surface area contributed by atoms with Gasteiger partial charge in [0, 0.05) is 24.1 Å². The van der Waals surface area contributed by atoms with E-state index in [1.807, 2.05) is 25.1 Å². The zero-order valence-electron chi connectivity index (χ0n) is 12.9. The second-order valence-corrected chi connectivity index (χ2v) is 5.72. The molecule has 3 rings (SSSR count). The molecule has 1 atom stereocenters. The molecule has 0 bridgehead atoms. The number of fused-ring (bicyclic) bond motifs is 1. The molecule has 0 spiro atoms. The van der Waals surface area contributed by atoms with Gasteiger partial charge in [0.2, 0.25) is 0 Å². The van der Waals surface area contributed by atoms with Crippen LogP contribution in [-0.2, 0) is 11.2 Å². The highest BCUT2D eigenvalue weighted by Crippen LogP contribution is 2.34. The summed E-state index contributed by atoms with van der Waals surface area (Å²) in [5.74, 6) is -0.426. The minimum absolute atomic E-state index is 0.0196. The van der Waals surface area contributed by atoms with Crippen LogP contribution in [0.4, 0.5) is 0 Å².